The Hall–Kier alpha value is -1.10. The van der Waals surface area contributed by atoms with Gasteiger partial charge in [0.1, 0.15) is 0 Å². The first kappa shape index (κ1) is 13.3. The molecule has 2 aliphatic heterocycles. The first-order chi connectivity index (χ1) is 8.65. The molecule has 2 rings (SSSR count). The van der Waals surface area contributed by atoms with Crippen molar-refractivity contribution in [2.45, 2.75) is 32.2 Å². The minimum atomic E-state index is -0.108. The van der Waals surface area contributed by atoms with Crippen molar-refractivity contribution >= 4 is 11.8 Å². The largest absolute Gasteiger partial charge is 0.342 e. The summed E-state index contributed by atoms with van der Waals surface area (Å²) in [6, 6.07) is 0.534. The molecule has 2 fully saturated rings. The Labute approximate surface area is 108 Å². The maximum atomic E-state index is 12.3. The second-order valence-corrected chi connectivity index (χ2v) is 5.22. The molecule has 1 unspecified atom stereocenters. The minimum Gasteiger partial charge on any atom is -0.342 e. The van der Waals surface area contributed by atoms with E-state index in [1.54, 1.807) is 4.90 Å². The Morgan fingerprint density at radius 3 is 2.56 bits per heavy atom. The van der Waals surface area contributed by atoms with E-state index in [2.05, 4.69) is 5.32 Å². The summed E-state index contributed by atoms with van der Waals surface area (Å²) in [4.78, 5) is 27.7. The number of amides is 2. The van der Waals surface area contributed by atoms with Gasteiger partial charge in [0, 0.05) is 38.6 Å². The van der Waals surface area contributed by atoms with Gasteiger partial charge in [0.25, 0.3) is 0 Å². The van der Waals surface area contributed by atoms with E-state index in [9.17, 15) is 9.59 Å². The standard InChI is InChI=1S/C13H23N3O2/c1-3-15-9-10(8-12(15)17)13(18)16-6-4-11(14-2)5-7-16/h10-11,14H,3-9H2,1-2H3. The molecule has 0 spiro atoms. The quantitative estimate of drug-likeness (QED) is 0.774. The number of likely N-dealkylation sites (tertiary alicyclic amines) is 2. The molecule has 2 heterocycles. The minimum absolute atomic E-state index is 0.108. The third-order valence-electron chi connectivity index (χ3n) is 4.16. The zero-order valence-electron chi connectivity index (χ0n) is 11.3. The maximum absolute atomic E-state index is 12.3. The van der Waals surface area contributed by atoms with Gasteiger partial charge in [-0.1, -0.05) is 0 Å². The predicted octanol–water partition coefficient (Wildman–Crippen LogP) is 0.0652. The molecular formula is C13H23N3O2. The average Bonchev–Trinajstić information content (AvgIpc) is 2.79. The van der Waals surface area contributed by atoms with Gasteiger partial charge in [-0.25, -0.2) is 0 Å². The highest BCUT2D eigenvalue weighted by molar-refractivity contribution is 5.89. The van der Waals surface area contributed by atoms with E-state index in [0.717, 1.165) is 25.9 Å². The summed E-state index contributed by atoms with van der Waals surface area (Å²) < 4.78 is 0. The van der Waals surface area contributed by atoms with E-state index in [1.165, 1.54) is 0 Å². The van der Waals surface area contributed by atoms with Crippen molar-refractivity contribution < 1.29 is 9.59 Å². The fourth-order valence-corrected chi connectivity index (χ4v) is 2.89. The van der Waals surface area contributed by atoms with Gasteiger partial charge >= 0.3 is 0 Å². The molecule has 0 aromatic carbocycles. The average molecular weight is 253 g/mol. The Morgan fingerprint density at radius 2 is 2.06 bits per heavy atom. The van der Waals surface area contributed by atoms with Crippen molar-refractivity contribution in [3.63, 3.8) is 0 Å². The van der Waals surface area contributed by atoms with Crippen LogP contribution in [0.5, 0.6) is 0 Å². The summed E-state index contributed by atoms with van der Waals surface area (Å²) in [5, 5.41) is 3.26. The number of nitrogens with one attached hydrogen (secondary N) is 1. The van der Waals surface area contributed by atoms with Gasteiger partial charge in [0.2, 0.25) is 11.8 Å². The summed E-state index contributed by atoms with van der Waals surface area (Å²) in [7, 11) is 1.97. The Balaban J connectivity index is 1.87. The van der Waals surface area contributed by atoms with Gasteiger partial charge in [-0.3, -0.25) is 9.59 Å². The van der Waals surface area contributed by atoms with Gasteiger partial charge in [-0.2, -0.15) is 0 Å². The number of carbonyl (C=O) groups is 2. The summed E-state index contributed by atoms with van der Waals surface area (Å²) in [5.74, 6) is 0.193. The van der Waals surface area contributed by atoms with E-state index >= 15 is 0 Å². The SMILES string of the molecule is CCN1CC(C(=O)N2CCC(NC)CC2)CC1=O. The van der Waals surface area contributed by atoms with Crippen LogP contribution in [0.15, 0.2) is 0 Å². The van der Waals surface area contributed by atoms with Gasteiger partial charge in [-0.15, -0.1) is 0 Å². The van der Waals surface area contributed by atoms with Crippen LogP contribution < -0.4 is 5.32 Å². The van der Waals surface area contributed by atoms with Crippen molar-refractivity contribution in [3.05, 3.63) is 0 Å². The van der Waals surface area contributed by atoms with Gasteiger partial charge < -0.3 is 15.1 Å². The monoisotopic (exact) mass is 253 g/mol. The summed E-state index contributed by atoms with van der Waals surface area (Å²) >= 11 is 0. The number of nitrogens with zero attached hydrogens (tertiary/aromatic N) is 2. The fraction of sp³-hybridized carbons (Fsp3) is 0.846. The van der Waals surface area contributed by atoms with Crippen molar-refractivity contribution in [1.29, 1.82) is 0 Å². The maximum Gasteiger partial charge on any atom is 0.227 e. The lowest BCUT2D eigenvalue weighted by Gasteiger charge is -2.33. The lowest BCUT2D eigenvalue weighted by atomic mass is 10.0. The Morgan fingerprint density at radius 1 is 1.39 bits per heavy atom. The van der Waals surface area contributed by atoms with Crippen molar-refractivity contribution in [2.75, 3.05) is 33.2 Å². The van der Waals surface area contributed by atoms with E-state index in [-0.39, 0.29) is 17.7 Å². The number of hydrogen-bond donors (Lipinski definition) is 1. The molecule has 0 saturated carbocycles. The third-order valence-corrected chi connectivity index (χ3v) is 4.16. The molecule has 5 nitrogen and oxygen atoms in total. The highest BCUT2D eigenvalue weighted by Gasteiger charge is 2.36. The van der Waals surface area contributed by atoms with Gasteiger partial charge in [0.15, 0.2) is 0 Å². The number of piperidine rings is 1. The summed E-state index contributed by atoms with van der Waals surface area (Å²) in [6.07, 6.45) is 2.43. The lowest BCUT2D eigenvalue weighted by Crippen LogP contribution is -2.46. The van der Waals surface area contributed by atoms with Crippen molar-refractivity contribution in [3.8, 4) is 0 Å². The molecule has 0 aliphatic carbocycles. The second kappa shape index (κ2) is 5.69. The van der Waals surface area contributed by atoms with Crippen LogP contribution in [-0.2, 0) is 9.59 Å². The molecule has 5 heteroatoms. The first-order valence-corrected chi connectivity index (χ1v) is 6.89. The molecule has 2 amide bonds. The molecule has 102 valence electrons. The van der Waals surface area contributed by atoms with Crippen LogP contribution >= 0.6 is 0 Å². The van der Waals surface area contributed by atoms with E-state index in [4.69, 9.17) is 0 Å². The van der Waals surface area contributed by atoms with Gasteiger partial charge in [-0.05, 0) is 26.8 Å². The number of carbonyl (C=O) groups excluding carboxylic acids is 2. The second-order valence-electron chi connectivity index (χ2n) is 5.22. The van der Waals surface area contributed by atoms with Crippen LogP contribution in [-0.4, -0.2) is 60.9 Å². The Bertz CT molecular complexity index is 324. The molecule has 0 aromatic rings. The number of hydrogen-bond acceptors (Lipinski definition) is 3. The molecule has 1 N–H and O–H groups in total. The Kier molecular flexibility index (Phi) is 4.22. The lowest BCUT2D eigenvalue weighted by molar-refractivity contribution is -0.136. The van der Waals surface area contributed by atoms with Crippen molar-refractivity contribution in [2.24, 2.45) is 5.92 Å². The molecule has 2 aliphatic rings. The first-order valence-electron chi connectivity index (χ1n) is 6.89. The molecule has 0 radical (unpaired) electrons. The summed E-state index contributed by atoms with van der Waals surface area (Å²) in [5.41, 5.74) is 0. The van der Waals surface area contributed by atoms with Crippen LogP contribution in [0.1, 0.15) is 26.2 Å². The fourth-order valence-electron chi connectivity index (χ4n) is 2.89. The normalized spacial score (nSPS) is 25.9. The molecule has 0 bridgehead atoms. The summed E-state index contributed by atoms with van der Waals surface area (Å²) in [6.45, 7) is 4.93. The predicted molar refractivity (Wildman–Crippen MR) is 69.0 cm³/mol. The zero-order chi connectivity index (χ0) is 13.1. The molecule has 1 atom stereocenters. The van der Waals surface area contributed by atoms with Crippen LogP contribution in [0.4, 0.5) is 0 Å². The molecular weight excluding hydrogens is 230 g/mol. The van der Waals surface area contributed by atoms with E-state index in [1.807, 2.05) is 18.9 Å². The van der Waals surface area contributed by atoms with Crippen molar-refractivity contribution in [1.82, 2.24) is 15.1 Å². The number of rotatable bonds is 3. The topological polar surface area (TPSA) is 52.7 Å². The van der Waals surface area contributed by atoms with Crippen LogP contribution in [0, 0.1) is 5.92 Å². The molecule has 2 saturated heterocycles. The third kappa shape index (κ3) is 2.66. The smallest absolute Gasteiger partial charge is 0.227 e. The highest BCUT2D eigenvalue weighted by Crippen LogP contribution is 2.21. The van der Waals surface area contributed by atoms with Crippen LogP contribution in [0.25, 0.3) is 0 Å². The van der Waals surface area contributed by atoms with E-state index < -0.39 is 0 Å². The zero-order valence-corrected chi connectivity index (χ0v) is 11.3. The highest BCUT2D eigenvalue weighted by atomic mass is 16.2. The van der Waals surface area contributed by atoms with Crippen LogP contribution in [0.3, 0.4) is 0 Å². The van der Waals surface area contributed by atoms with Crippen LogP contribution in [0.2, 0.25) is 0 Å². The van der Waals surface area contributed by atoms with Gasteiger partial charge in [0.05, 0.1) is 5.92 Å². The van der Waals surface area contributed by atoms with E-state index in [0.29, 0.717) is 25.6 Å². The molecule has 0 aromatic heterocycles. The molecule has 18 heavy (non-hydrogen) atoms.